The van der Waals surface area contributed by atoms with Gasteiger partial charge in [0.1, 0.15) is 4.90 Å². The molecule has 0 saturated heterocycles. The van der Waals surface area contributed by atoms with Crippen LogP contribution in [0.15, 0.2) is 28.0 Å². The minimum Gasteiger partial charge on any atom is -0.387 e. The summed E-state index contributed by atoms with van der Waals surface area (Å²) in [6.45, 7) is 1.82. The van der Waals surface area contributed by atoms with Crippen molar-refractivity contribution in [3.63, 3.8) is 0 Å². The monoisotopic (exact) mass is 318 g/mol. The van der Waals surface area contributed by atoms with Crippen LogP contribution in [0.2, 0.25) is 0 Å². The highest BCUT2D eigenvalue weighted by Gasteiger charge is 2.41. The van der Waals surface area contributed by atoms with Crippen molar-refractivity contribution in [3.8, 4) is 0 Å². The van der Waals surface area contributed by atoms with Crippen LogP contribution in [0.3, 0.4) is 0 Å². The molecule has 0 radical (unpaired) electrons. The third-order valence-corrected chi connectivity index (χ3v) is 6.11. The Balaban J connectivity index is 2.53. The summed E-state index contributed by atoms with van der Waals surface area (Å²) < 4.78 is 50.6. The van der Waals surface area contributed by atoms with Crippen molar-refractivity contribution in [1.82, 2.24) is 4.72 Å². The van der Waals surface area contributed by atoms with Gasteiger partial charge in [0.15, 0.2) is 9.84 Å². The minimum absolute atomic E-state index is 0.0159. The molecule has 1 fully saturated rings. The Bertz CT molecular complexity index is 735. The third-order valence-electron chi connectivity index (χ3n) is 3.32. The summed E-state index contributed by atoms with van der Waals surface area (Å²) in [6, 6.07) is 4.04. The molecule has 0 bridgehead atoms. The summed E-state index contributed by atoms with van der Waals surface area (Å²) in [5.41, 5.74) is -0.0422. The van der Waals surface area contributed by atoms with E-state index in [1.54, 1.807) is 7.05 Å². The molecule has 0 aromatic heterocycles. The number of nitrogens with one attached hydrogen (secondary N) is 2. The zero-order chi connectivity index (χ0) is 15.2. The van der Waals surface area contributed by atoms with E-state index in [0.29, 0.717) is 5.69 Å². The van der Waals surface area contributed by atoms with Gasteiger partial charge >= 0.3 is 0 Å². The summed E-state index contributed by atoms with van der Waals surface area (Å²) in [5.74, 6) is 0. The lowest BCUT2D eigenvalue weighted by Gasteiger charge is -2.15. The lowest BCUT2D eigenvalue weighted by Crippen LogP contribution is -2.34. The topological polar surface area (TPSA) is 92.3 Å². The quantitative estimate of drug-likeness (QED) is 0.844. The average molecular weight is 318 g/mol. The van der Waals surface area contributed by atoms with E-state index in [4.69, 9.17) is 0 Å². The second-order valence-electron chi connectivity index (χ2n) is 5.35. The Morgan fingerprint density at radius 1 is 1.15 bits per heavy atom. The molecule has 20 heavy (non-hydrogen) atoms. The first kappa shape index (κ1) is 15.3. The Hall–Kier alpha value is -1.12. The normalized spacial score (nSPS) is 17.8. The van der Waals surface area contributed by atoms with E-state index < -0.39 is 25.4 Å². The van der Waals surface area contributed by atoms with Gasteiger partial charge in [-0.05, 0) is 38.0 Å². The summed E-state index contributed by atoms with van der Waals surface area (Å²) in [5, 5.41) is 2.77. The fraction of sp³-hybridized carbons (Fsp3) is 0.500. The number of hydrogen-bond acceptors (Lipinski definition) is 5. The SMILES string of the molecule is CNc1ccc(S(C)(=O)=O)cc1S(=O)(=O)NC1(C)CC1. The van der Waals surface area contributed by atoms with E-state index >= 15 is 0 Å². The molecule has 1 aliphatic carbocycles. The Morgan fingerprint density at radius 3 is 2.20 bits per heavy atom. The zero-order valence-electron chi connectivity index (χ0n) is 11.6. The van der Waals surface area contributed by atoms with E-state index in [-0.39, 0.29) is 9.79 Å². The fourth-order valence-corrected chi connectivity index (χ4v) is 4.26. The molecule has 1 aromatic rings. The maximum absolute atomic E-state index is 12.4. The minimum atomic E-state index is -3.76. The van der Waals surface area contributed by atoms with Crippen molar-refractivity contribution in [1.29, 1.82) is 0 Å². The van der Waals surface area contributed by atoms with Gasteiger partial charge in [-0.3, -0.25) is 0 Å². The molecule has 0 heterocycles. The summed E-state index contributed by atoms with van der Waals surface area (Å²) in [7, 11) is -5.63. The van der Waals surface area contributed by atoms with Crippen LogP contribution in [0.5, 0.6) is 0 Å². The van der Waals surface area contributed by atoms with E-state index in [0.717, 1.165) is 19.1 Å². The van der Waals surface area contributed by atoms with Gasteiger partial charge in [-0.1, -0.05) is 0 Å². The number of benzene rings is 1. The van der Waals surface area contributed by atoms with Crippen LogP contribution < -0.4 is 10.0 Å². The number of hydrogen-bond donors (Lipinski definition) is 2. The second-order valence-corrected chi connectivity index (χ2v) is 9.01. The third kappa shape index (κ3) is 3.13. The highest BCUT2D eigenvalue weighted by atomic mass is 32.2. The molecule has 2 rings (SSSR count). The molecular formula is C12H18N2O4S2. The molecular weight excluding hydrogens is 300 g/mol. The highest BCUT2D eigenvalue weighted by molar-refractivity contribution is 7.91. The van der Waals surface area contributed by atoms with Gasteiger partial charge in [0.25, 0.3) is 0 Å². The number of sulfonamides is 1. The van der Waals surface area contributed by atoms with Gasteiger partial charge in [0.2, 0.25) is 10.0 Å². The first-order valence-corrected chi connectivity index (χ1v) is 9.51. The van der Waals surface area contributed by atoms with E-state index in [1.807, 2.05) is 6.92 Å². The first-order valence-electron chi connectivity index (χ1n) is 6.13. The molecule has 8 heteroatoms. The van der Waals surface area contributed by atoms with Crippen LogP contribution in [0.1, 0.15) is 19.8 Å². The maximum atomic E-state index is 12.4. The number of rotatable bonds is 5. The molecule has 6 nitrogen and oxygen atoms in total. The van der Waals surface area contributed by atoms with Gasteiger partial charge in [-0.15, -0.1) is 0 Å². The van der Waals surface area contributed by atoms with Crippen molar-refractivity contribution in [2.45, 2.75) is 35.1 Å². The molecule has 112 valence electrons. The largest absolute Gasteiger partial charge is 0.387 e. The molecule has 1 saturated carbocycles. The Kier molecular flexibility index (Phi) is 3.60. The molecule has 0 atom stereocenters. The van der Waals surface area contributed by atoms with Gasteiger partial charge in [-0.25, -0.2) is 21.6 Å². The van der Waals surface area contributed by atoms with E-state index in [2.05, 4.69) is 10.0 Å². The van der Waals surface area contributed by atoms with Crippen LogP contribution in [-0.4, -0.2) is 35.7 Å². The van der Waals surface area contributed by atoms with Crippen molar-refractivity contribution in [2.24, 2.45) is 0 Å². The summed E-state index contributed by atoms with van der Waals surface area (Å²) >= 11 is 0. The Labute approximate surface area is 119 Å². The lowest BCUT2D eigenvalue weighted by molar-refractivity contribution is 0.558. The summed E-state index contributed by atoms with van der Waals surface area (Å²) in [4.78, 5) is -0.0612. The van der Waals surface area contributed by atoms with Crippen molar-refractivity contribution in [2.75, 3.05) is 18.6 Å². The highest BCUT2D eigenvalue weighted by Crippen LogP contribution is 2.37. The summed E-state index contributed by atoms with van der Waals surface area (Å²) in [6.07, 6.45) is 2.62. The van der Waals surface area contributed by atoms with Crippen LogP contribution in [0.4, 0.5) is 5.69 Å². The van der Waals surface area contributed by atoms with E-state index in [9.17, 15) is 16.8 Å². The van der Waals surface area contributed by atoms with Crippen molar-refractivity contribution >= 4 is 25.5 Å². The predicted octanol–water partition coefficient (Wildman–Crippen LogP) is 0.963. The number of sulfone groups is 1. The van der Waals surface area contributed by atoms with Gasteiger partial charge in [0, 0.05) is 18.8 Å². The zero-order valence-corrected chi connectivity index (χ0v) is 13.2. The molecule has 2 N–H and O–H groups in total. The number of anilines is 1. The van der Waals surface area contributed by atoms with Crippen molar-refractivity contribution in [3.05, 3.63) is 18.2 Å². The van der Waals surface area contributed by atoms with Crippen LogP contribution >= 0.6 is 0 Å². The lowest BCUT2D eigenvalue weighted by atomic mass is 10.3. The maximum Gasteiger partial charge on any atom is 0.243 e. The Morgan fingerprint density at radius 2 is 1.75 bits per heavy atom. The molecule has 0 unspecified atom stereocenters. The first-order chi connectivity index (χ1) is 9.07. The van der Waals surface area contributed by atoms with Crippen molar-refractivity contribution < 1.29 is 16.8 Å². The fourth-order valence-electron chi connectivity index (χ4n) is 1.83. The standard InChI is InChI=1S/C12H18N2O4S2/c1-12(6-7-12)14-20(17,18)11-8-9(19(3,15)16)4-5-10(11)13-2/h4-5,8,13-14H,6-7H2,1-3H3. The van der Waals surface area contributed by atoms with Gasteiger partial charge < -0.3 is 5.32 Å². The van der Waals surface area contributed by atoms with Gasteiger partial charge in [0.05, 0.1) is 10.6 Å². The van der Waals surface area contributed by atoms with Gasteiger partial charge in [-0.2, -0.15) is 0 Å². The van der Waals surface area contributed by atoms with Crippen LogP contribution in [0, 0.1) is 0 Å². The van der Waals surface area contributed by atoms with Crippen LogP contribution in [0.25, 0.3) is 0 Å². The smallest absolute Gasteiger partial charge is 0.243 e. The average Bonchev–Trinajstić information content (AvgIpc) is 3.03. The molecule has 1 aromatic carbocycles. The molecule has 0 aliphatic heterocycles. The predicted molar refractivity (Wildman–Crippen MR) is 77.1 cm³/mol. The molecule has 1 aliphatic rings. The van der Waals surface area contributed by atoms with Crippen LogP contribution in [-0.2, 0) is 19.9 Å². The molecule has 0 amide bonds. The molecule has 0 spiro atoms. The van der Waals surface area contributed by atoms with E-state index in [1.165, 1.54) is 18.2 Å². The second kappa shape index (κ2) is 4.71.